The van der Waals surface area contributed by atoms with Crippen molar-refractivity contribution in [1.82, 2.24) is 0 Å². The summed E-state index contributed by atoms with van der Waals surface area (Å²) in [5, 5.41) is 8.93. The molecule has 0 aliphatic rings. The summed E-state index contributed by atoms with van der Waals surface area (Å²) in [5.41, 5.74) is 2.33. The van der Waals surface area contributed by atoms with Crippen LogP contribution < -0.4 is 9.80 Å². The van der Waals surface area contributed by atoms with E-state index in [9.17, 15) is 4.79 Å². The van der Waals surface area contributed by atoms with E-state index >= 15 is 0 Å². The molecule has 1 aromatic carbocycles. The maximum Gasteiger partial charge on any atom is 0.305 e. The van der Waals surface area contributed by atoms with Crippen molar-refractivity contribution >= 4 is 17.3 Å². The maximum absolute atomic E-state index is 10.9. The fraction of sp³-hybridized carbons (Fsp3) is 0.611. The molecule has 0 aliphatic heterocycles. The van der Waals surface area contributed by atoms with Crippen molar-refractivity contribution < 1.29 is 9.90 Å². The van der Waals surface area contributed by atoms with Crippen LogP contribution >= 0.6 is 0 Å². The molecule has 0 aliphatic carbocycles. The first-order chi connectivity index (χ1) is 10.5. The van der Waals surface area contributed by atoms with Crippen molar-refractivity contribution in [3.05, 3.63) is 24.3 Å². The molecule has 124 valence electrons. The van der Waals surface area contributed by atoms with E-state index in [4.69, 9.17) is 5.11 Å². The van der Waals surface area contributed by atoms with Crippen LogP contribution in [0.15, 0.2) is 24.3 Å². The summed E-state index contributed by atoms with van der Waals surface area (Å²) < 4.78 is 0. The van der Waals surface area contributed by atoms with E-state index in [1.807, 2.05) is 0 Å². The first-order valence-electron chi connectivity index (χ1n) is 8.29. The highest BCUT2D eigenvalue weighted by Gasteiger charge is 2.10. The lowest BCUT2D eigenvalue weighted by atomic mass is 10.1. The Hall–Kier alpha value is -1.71. The van der Waals surface area contributed by atoms with Gasteiger partial charge in [0.2, 0.25) is 0 Å². The number of benzene rings is 1. The zero-order valence-corrected chi connectivity index (χ0v) is 14.4. The van der Waals surface area contributed by atoms with E-state index in [-0.39, 0.29) is 6.42 Å². The molecule has 0 heterocycles. The lowest BCUT2D eigenvalue weighted by Gasteiger charge is -2.27. The molecule has 4 heteroatoms. The third-order valence-corrected chi connectivity index (χ3v) is 3.92. The molecule has 4 nitrogen and oxygen atoms in total. The molecule has 0 aromatic heterocycles. The van der Waals surface area contributed by atoms with Gasteiger partial charge in [-0.05, 0) is 50.5 Å². The minimum absolute atomic E-state index is 0.176. The van der Waals surface area contributed by atoms with E-state index in [0.29, 0.717) is 12.5 Å². The van der Waals surface area contributed by atoms with Crippen LogP contribution in [-0.4, -0.2) is 37.3 Å². The Bertz CT molecular complexity index is 439. The van der Waals surface area contributed by atoms with Gasteiger partial charge in [-0.15, -0.1) is 0 Å². The van der Waals surface area contributed by atoms with E-state index in [0.717, 1.165) is 31.7 Å². The summed E-state index contributed by atoms with van der Waals surface area (Å²) >= 11 is 0. The highest BCUT2D eigenvalue weighted by Crippen LogP contribution is 2.22. The molecular weight excluding hydrogens is 276 g/mol. The standard InChI is InChI=1S/C18H30N2O2/c1-5-19(6-2)16-7-9-17(10-8-16)20(13-11-15(3)4)14-12-18(21)22/h7-10,15H,5-6,11-14H2,1-4H3,(H,21,22). The quantitative estimate of drug-likeness (QED) is 0.713. The lowest BCUT2D eigenvalue weighted by Crippen LogP contribution is -2.28. The van der Waals surface area contributed by atoms with E-state index in [1.165, 1.54) is 5.69 Å². The Morgan fingerprint density at radius 1 is 1.00 bits per heavy atom. The minimum atomic E-state index is -0.741. The first-order valence-corrected chi connectivity index (χ1v) is 8.29. The van der Waals surface area contributed by atoms with Crippen molar-refractivity contribution in [1.29, 1.82) is 0 Å². The summed E-state index contributed by atoms with van der Waals surface area (Å²) in [5.74, 6) is -0.128. The third kappa shape index (κ3) is 5.96. The summed E-state index contributed by atoms with van der Waals surface area (Å²) in [4.78, 5) is 15.3. The average Bonchev–Trinajstić information content (AvgIpc) is 2.49. The maximum atomic E-state index is 10.9. The number of hydrogen-bond donors (Lipinski definition) is 1. The summed E-state index contributed by atoms with van der Waals surface area (Å²) in [6.45, 7) is 12.1. The van der Waals surface area contributed by atoms with Gasteiger partial charge in [-0.25, -0.2) is 0 Å². The van der Waals surface area contributed by atoms with Crippen molar-refractivity contribution in [2.24, 2.45) is 5.92 Å². The summed E-state index contributed by atoms with van der Waals surface area (Å²) in [7, 11) is 0. The van der Waals surface area contributed by atoms with Crippen LogP contribution in [0, 0.1) is 5.92 Å². The van der Waals surface area contributed by atoms with E-state index in [2.05, 4.69) is 61.8 Å². The van der Waals surface area contributed by atoms with Crippen molar-refractivity contribution in [3.8, 4) is 0 Å². The number of nitrogens with zero attached hydrogens (tertiary/aromatic N) is 2. The molecule has 1 aromatic rings. The van der Waals surface area contributed by atoms with Gasteiger partial charge in [0.1, 0.15) is 0 Å². The van der Waals surface area contributed by atoms with Crippen LogP contribution in [0.5, 0.6) is 0 Å². The SMILES string of the molecule is CCN(CC)c1ccc(N(CCC(=O)O)CCC(C)C)cc1. The molecule has 22 heavy (non-hydrogen) atoms. The van der Waals surface area contributed by atoms with Gasteiger partial charge in [0, 0.05) is 37.6 Å². The van der Waals surface area contributed by atoms with Crippen molar-refractivity contribution in [2.75, 3.05) is 36.0 Å². The molecule has 0 bridgehead atoms. The van der Waals surface area contributed by atoms with Crippen LogP contribution in [0.2, 0.25) is 0 Å². The number of carboxylic acids is 1. The first kappa shape index (κ1) is 18.3. The molecule has 0 unspecified atom stereocenters. The van der Waals surface area contributed by atoms with Gasteiger partial charge in [0.05, 0.1) is 6.42 Å². The number of carbonyl (C=O) groups is 1. The fourth-order valence-electron chi connectivity index (χ4n) is 2.48. The Labute approximate surface area is 134 Å². The molecule has 0 spiro atoms. The van der Waals surface area contributed by atoms with Gasteiger partial charge in [-0.3, -0.25) is 4.79 Å². The monoisotopic (exact) mass is 306 g/mol. The molecular formula is C18H30N2O2. The molecule has 0 saturated heterocycles. The number of anilines is 2. The Kier molecular flexibility index (Phi) is 7.78. The smallest absolute Gasteiger partial charge is 0.305 e. The van der Waals surface area contributed by atoms with Gasteiger partial charge in [-0.2, -0.15) is 0 Å². The zero-order valence-electron chi connectivity index (χ0n) is 14.4. The van der Waals surface area contributed by atoms with Crippen LogP contribution in [0.4, 0.5) is 11.4 Å². The molecule has 1 rings (SSSR count). The molecule has 0 radical (unpaired) electrons. The largest absolute Gasteiger partial charge is 0.481 e. The van der Waals surface area contributed by atoms with Crippen molar-refractivity contribution in [3.63, 3.8) is 0 Å². The Morgan fingerprint density at radius 3 is 1.91 bits per heavy atom. The lowest BCUT2D eigenvalue weighted by molar-refractivity contribution is -0.136. The van der Waals surface area contributed by atoms with Gasteiger partial charge in [0.25, 0.3) is 0 Å². The van der Waals surface area contributed by atoms with Crippen LogP contribution in [0.1, 0.15) is 40.5 Å². The highest BCUT2D eigenvalue weighted by molar-refractivity contribution is 5.68. The highest BCUT2D eigenvalue weighted by atomic mass is 16.4. The Morgan fingerprint density at radius 2 is 1.50 bits per heavy atom. The predicted molar refractivity (Wildman–Crippen MR) is 93.9 cm³/mol. The molecule has 0 atom stereocenters. The minimum Gasteiger partial charge on any atom is -0.481 e. The van der Waals surface area contributed by atoms with Gasteiger partial charge in [0.15, 0.2) is 0 Å². The Balaban J connectivity index is 2.81. The number of rotatable bonds is 10. The van der Waals surface area contributed by atoms with Gasteiger partial charge in [-0.1, -0.05) is 13.8 Å². The van der Waals surface area contributed by atoms with Crippen LogP contribution in [0.3, 0.4) is 0 Å². The topological polar surface area (TPSA) is 43.8 Å². The second kappa shape index (κ2) is 9.34. The molecule has 0 fully saturated rings. The van der Waals surface area contributed by atoms with E-state index < -0.39 is 5.97 Å². The van der Waals surface area contributed by atoms with Crippen molar-refractivity contribution in [2.45, 2.75) is 40.5 Å². The number of hydrogen-bond acceptors (Lipinski definition) is 3. The van der Waals surface area contributed by atoms with Crippen LogP contribution in [-0.2, 0) is 4.79 Å². The second-order valence-electron chi connectivity index (χ2n) is 6.00. The fourth-order valence-corrected chi connectivity index (χ4v) is 2.48. The number of aliphatic carboxylic acids is 1. The molecule has 1 N–H and O–H groups in total. The second-order valence-corrected chi connectivity index (χ2v) is 6.00. The zero-order chi connectivity index (χ0) is 16.5. The normalized spacial score (nSPS) is 10.8. The van der Waals surface area contributed by atoms with Gasteiger partial charge >= 0.3 is 5.97 Å². The predicted octanol–water partition coefficient (Wildman–Crippen LogP) is 3.86. The van der Waals surface area contributed by atoms with Crippen LogP contribution in [0.25, 0.3) is 0 Å². The average molecular weight is 306 g/mol. The number of carboxylic acid groups (broad SMARTS) is 1. The molecule has 0 saturated carbocycles. The van der Waals surface area contributed by atoms with E-state index in [1.54, 1.807) is 0 Å². The third-order valence-electron chi connectivity index (χ3n) is 3.92. The molecule has 0 amide bonds. The van der Waals surface area contributed by atoms with Gasteiger partial charge < -0.3 is 14.9 Å². The summed E-state index contributed by atoms with van der Waals surface area (Å²) in [6, 6.07) is 8.47. The summed E-state index contributed by atoms with van der Waals surface area (Å²) in [6.07, 6.45) is 1.24.